The van der Waals surface area contributed by atoms with Gasteiger partial charge in [0.05, 0.1) is 34.4 Å². The highest BCUT2D eigenvalue weighted by molar-refractivity contribution is 7.91. The van der Waals surface area contributed by atoms with Crippen LogP contribution >= 0.6 is 11.6 Å². The predicted octanol–water partition coefficient (Wildman–Crippen LogP) is 1.05. The van der Waals surface area contributed by atoms with Crippen LogP contribution in [0.15, 0.2) is 18.2 Å². The Morgan fingerprint density at radius 2 is 2.12 bits per heavy atom. The van der Waals surface area contributed by atoms with Crippen LogP contribution in [-0.4, -0.2) is 37.2 Å². The van der Waals surface area contributed by atoms with E-state index in [1.165, 1.54) is 18.2 Å². The maximum Gasteiger partial charge on any atom is 0.155 e. The van der Waals surface area contributed by atoms with Crippen molar-refractivity contribution in [1.82, 2.24) is 0 Å². The van der Waals surface area contributed by atoms with Crippen LogP contribution in [0.1, 0.15) is 0 Å². The summed E-state index contributed by atoms with van der Waals surface area (Å²) in [6.45, 7) is 0. The number of sulfone groups is 1. The molecule has 0 saturated carbocycles. The van der Waals surface area contributed by atoms with Gasteiger partial charge in [-0.2, -0.15) is 0 Å². The number of anilines is 1. The molecule has 0 spiro atoms. The maximum absolute atomic E-state index is 13.0. The van der Waals surface area contributed by atoms with Crippen LogP contribution in [0.3, 0.4) is 0 Å². The average molecular weight is 280 g/mol. The summed E-state index contributed by atoms with van der Waals surface area (Å²) in [5.41, 5.74) is 0.285. The molecule has 2 atom stereocenters. The van der Waals surface area contributed by atoms with Gasteiger partial charge in [0.2, 0.25) is 0 Å². The van der Waals surface area contributed by atoms with Crippen LogP contribution in [0, 0.1) is 5.82 Å². The second kappa shape index (κ2) is 4.44. The monoisotopic (exact) mass is 279 g/mol. The minimum atomic E-state index is -3.24. The van der Waals surface area contributed by atoms with Gasteiger partial charge in [-0.1, -0.05) is 11.6 Å². The van der Waals surface area contributed by atoms with Crippen LogP contribution in [0.2, 0.25) is 5.02 Å². The SMILES string of the molecule is O=S1(=O)CC(O)C(Nc2cc(F)ccc2Cl)C1. The van der Waals surface area contributed by atoms with Crippen molar-refractivity contribution in [2.45, 2.75) is 12.1 Å². The summed E-state index contributed by atoms with van der Waals surface area (Å²) in [6.07, 6.45) is -1.00. The maximum atomic E-state index is 13.0. The first kappa shape index (κ1) is 12.6. The molecular weight excluding hydrogens is 269 g/mol. The summed E-state index contributed by atoms with van der Waals surface area (Å²) in [5.74, 6) is -0.939. The number of halogens is 2. The van der Waals surface area contributed by atoms with Gasteiger partial charge in [0.25, 0.3) is 0 Å². The molecule has 1 aromatic carbocycles. The molecule has 0 radical (unpaired) electrons. The zero-order valence-corrected chi connectivity index (χ0v) is 10.3. The average Bonchev–Trinajstić information content (AvgIpc) is 2.46. The van der Waals surface area contributed by atoms with Crippen molar-refractivity contribution in [3.63, 3.8) is 0 Å². The highest BCUT2D eigenvalue weighted by Crippen LogP contribution is 2.25. The fourth-order valence-electron chi connectivity index (χ4n) is 1.77. The Morgan fingerprint density at radius 3 is 2.71 bits per heavy atom. The Hall–Kier alpha value is -0.850. The van der Waals surface area contributed by atoms with E-state index in [1.807, 2.05) is 0 Å². The highest BCUT2D eigenvalue weighted by Gasteiger charge is 2.36. The third-order valence-corrected chi connectivity index (χ3v) is 4.64. The number of hydrogen-bond donors (Lipinski definition) is 2. The van der Waals surface area contributed by atoms with Gasteiger partial charge in [0, 0.05) is 0 Å². The molecule has 0 aromatic heterocycles. The van der Waals surface area contributed by atoms with E-state index < -0.39 is 27.8 Å². The van der Waals surface area contributed by atoms with Crippen LogP contribution in [0.5, 0.6) is 0 Å². The van der Waals surface area contributed by atoms with Gasteiger partial charge in [0.1, 0.15) is 5.82 Å². The van der Waals surface area contributed by atoms with Crippen molar-refractivity contribution in [2.75, 3.05) is 16.8 Å². The van der Waals surface area contributed by atoms with Crippen molar-refractivity contribution in [3.8, 4) is 0 Å². The van der Waals surface area contributed by atoms with Gasteiger partial charge in [0.15, 0.2) is 9.84 Å². The topological polar surface area (TPSA) is 66.4 Å². The zero-order valence-electron chi connectivity index (χ0n) is 8.73. The molecule has 1 aliphatic rings. The smallest absolute Gasteiger partial charge is 0.155 e. The first-order valence-electron chi connectivity index (χ1n) is 4.97. The molecule has 1 heterocycles. The highest BCUT2D eigenvalue weighted by atomic mass is 35.5. The Balaban J connectivity index is 2.19. The van der Waals surface area contributed by atoms with E-state index in [2.05, 4.69) is 5.32 Å². The first-order chi connectivity index (χ1) is 7.87. The van der Waals surface area contributed by atoms with Crippen molar-refractivity contribution in [1.29, 1.82) is 0 Å². The summed E-state index contributed by atoms with van der Waals surface area (Å²) in [6, 6.07) is 3.09. The summed E-state index contributed by atoms with van der Waals surface area (Å²) < 4.78 is 35.6. The largest absolute Gasteiger partial charge is 0.390 e. The molecule has 0 aliphatic carbocycles. The van der Waals surface area contributed by atoms with E-state index in [-0.39, 0.29) is 22.2 Å². The Labute approximate surface area is 103 Å². The molecular formula is C10H11ClFNO3S. The molecule has 2 unspecified atom stereocenters. The Morgan fingerprint density at radius 1 is 1.41 bits per heavy atom. The summed E-state index contributed by atoms with van der Waals surface area (Å²) in [4.78, 5) is 0. The Kier molecular flexibility index (Phi) is 3.29. The standard InChI is InChI=1S/C10H11ClFNO3S/c11-7-2-1-6(12)3-8(7)13-9-4-17(15,16)5-10(9)14/h1-3,9-10,13-14H,4-5H2. The second-order valence-electron chi connectivity index (χ2n) is 4.02. The number of nitrogens with one attached hydrogen (secondary N) is 1. The van der Waals surface area contributed by atoms with Crippen molar-refractivity contribution >= 4 is 27.1 Å². The van der Waals surface area contributed by atoms with Gasteiger partial charge in [-0.25, -0.2) is 12.8 Å². The second-order valence-corrected chi connectivity index (χ2v) is 6.58. The number of aliphatic hydroxyl groups excluding tert-OH is 1. The van der Waals surface area contributed by atoms with Crippen LogP contribution < -0.4 is 5.32 Å². The van der Waals surface area contributed by atoms with Crippen LogP contribution in [0.25, 0.3) is 0 Å². The number of benzene rings is 1. The molecule has 2 rings (SSSR count). The molecule has 2 N–H and O–H groups in total. The lowest BCUT2D eigenvalue weighted by Gasteiger charge is -2.17. The van der Waals surface area contributed by atoms with E-state index in [0.717, 1.165) is 0 Å². The van der Waals surface area contributed by atoms with Crippen LogP contribution in [-0.2, 0) is 9.84 Å². The summed E-state index contributed by atoms with van der Waals surface area (Å²) in [5, 5.41) is 12.6. The van der Waals surface area contributed by atoms with E-state index >= 15 is 0 Å². The molecule has 1 fully saturated rings. The minimum absolute atomic E-state index is 0.180. The molecule has 1 aliphatic heterocycles. The lowest BCUT2D eigenvalue weighted by molar-refractivity contribution is 0.190. The van der Waals surface area contributed by atoms with E-state index in [4.69, 9.17) is 11.6 Å². The van der Waals surface area contributed by atoms with E-state index in [0.29, 0.717) is 0 Å². The fraction of sp³-hybridized carbons (Fsp3) is 0.400. The predicted molar refractivity (Wildman–Crippen MR) is 63.5 cm³/mol. The zero-order chi connectivity index (χ0) is 12.6. The summed E-state index contributed by atoms with van der Waals surface area (Å²) in [7, 11) is -3.24. The fourth-order valence-corrected chi connectivity index (χ4v) is 3.69. The van der Waals surface area contributed by atoms with Crippen molar-refractivity contribution < 1.29 is 17.9 Å². The third kappa shape index (κ3) is 2.88. The van der Waals surface area contributed by atoms with Crippen molar-refractivity contribution in [2.24, 2.45) is 0 Å². The molecule has 4 nitrogen and oxygen atoms in total. The van der Waals surface area contributed by atoms with E-state index in [1.54, 1.807) is 0 Å². The van der Waals surface area contributed by atoms with Gasteiger partial charge < -0.3 is 10.4 Å². The summed E-state index contributed by atoms with van der Waals surface area (Å²) >= 11 is 5.83. The number of hydrogen-bond acceptors (Lipinski definition) is 4. The molecule has 7 heteroatoms. The number of aliphatic hydroxyl groups is 1. The van der Waals surface area contributed by atoms with Gasteiger partial charge in [-0.15, -0.1) is 0 Å². The molecule has 1 saturated heterocycles. The van der Waals surface area contributed by atoms with Gasteiger partial charge >= 0.3 is 0 Å². The van der Waals surface area contributed by atoms with Crippen molar-refractivity contribution in [3.05, 3.63) is 29.0 Å². The molecule has 0 amide bonds. The lowest BCUT2D eigenvalue weighted by Crippen LogP contribution is -2.31. The molecule has 0 bridgehead atoms. The normalized spacial score (nSPS) is 27.0. The third-order valence-electron chi connectivity index (χ3n) is 2.59. The van der Waals surface area contributed by atoms with Gasteiger partial charge in [-0.3, -0.25) is 0 Å². The number of rotatable bonds is 2. The molecule has 94 valence electrons. The van der Waals surface area contributed by atoms with Crippen LogP contribution in [0.4, 0.5) is 10.1 Å². The molecule has 1 aromatic rings. The van der Waals surface area contributed by atoms with Gasteiger partial charge in [-0.05, 0) is 18.2 Å². The quantitative estimate of drug-likeness (QED) is 0.849. The van der Waals surface area contributed by atoms with E-state index in [9.17, 15) is 17.9 Å². The minimum Gasteiger partial charge on any atom is -0.390 e. The first-order valence-corrected chi connectivity index (χ1v) is 7.17. The Bertz CT molecular complexity index is 534. The lowest BCUT2D eigenvalue weighted by atomic mass is 10.2. The molecule has 17 heavy (non-hydrogen) atoms.